The van der Waals surface area contributed by atoms with Crippen molar-refractivity contribution in [1.82, 2.24) is 0 Å². The predicted molar refractivity (Wildman–Crippen MR) is 77.7 cm³/mol. The van der Waals surface area contributed by atoms with Gasteiger partial charge in [-0.1, -0.05) is 50.6 Å². The second-order valence-electron chi connectivity index (χ2n) is 6.10. The molecular weight excluding hydrogens is 222 g/mol. The lowest BCUT2D eigenvalue weighted by atomic mass is 9.82. The van der Waals surface area contributed by atoms with Crippen LogP contribution in [0.25, 0.3) is 0 Å². The number of hydrogen-bond donors (Lipinski definition) is 1. The summed E-state index contributed by atoms with van der Waals surface area (Å²) in [4.78, 5) is 0. The van der Waals surface area contributed by atoms with Gasteiger partial charge in [0, 0.05) is 12.6 Å². The van der Waals surface area contributed by atoms with Gasteiger partial charge in [-0.3, -0.25) is 0 Å². The lowest BCUT2D eigenvalue weighted by molar-refractivity contribution is -0.0274. The van der Waals surface area contributed by atoms with Crippen LogP contribution in [0.15, 0.2) is 24.3 Å². The molecule has 0 spiro atoms. The summed E-state index contributed by atoms with van der Waals surface area (Å²) in [6, 6.07) is 8.57. The summed E-state index contributed by atoms with van der Waals surface area (Å²) in [7, 11) is 0. The van der Waals surface area contributed by atoms with E-state index in [-0.39, 0.29) is 17.6 Å². The molecule has 2 heteroatoms. The number of hydrogen-bond acceptors (Lipinski definition) is 2. The topological polar surface area (TPSA) is 35.2 Å². The molecule has 2 N–H and O–H groups in total. The molecule has 0 amide bonds. The number of benzene rings is 1. The molecule has 0 heterocycles. The molecule has 0 aliphatic rings. The van der Waals surface area contributed by atoms with Gasteiger partial charge in [0.25, 0.3) is 0 Å². The summed E-state index contributed by atoms with van der Waals surface area (Å²) >= 11 is 0. The van der Waals surface area contributed by atoms with Gasteiger partial charge >= 0.3 is 0 Å². The normalized spacial score (nSPS) is 15.4. The summed E-state index contributed by atoms with van der Waals surface area (Å²) in [5.74, 6) is 0. The van der Waals surface area contributed by atoms with Crippen molar-refractivity contribution in [3.05, 3.63) is 35.4 Å². The van der Waals surface area contributed by atoms with E-state index < -0.39 is 0 Å². The van der Waals surface area contributed by atoms with Crippen molar-refractivity contribution in [2.24, 2.45) is 11.1 Å². The fourth-order valence-electron chi connectivity index (χ4n) is 2.41. The van der Waals surface area contributed by atoms with Gasteiger partial charge in [0.1, 0.15) is 0 Å². The minimum atomic E-state index is 0.0340. The van der Waals surface area contributed by atoms with Crippen LogP contribution in [0.1, 0.15) is 38.8 Å². The molecule has 2 unspecified atom stereocenters. The van der Waals surface area contributed by atoms with Gasteiger partial charge in [-0.05, 0) is 31.2 Å². The monoisotopic (exact) mass is 249 g/mol. The first-order valence-corrected chi connectivity index (χ1v) is 6.77. The van der Waals surface area contributed by atoms with Crippen LogP contribution in [0, 0.1) is 12.3 Å². The van der Waals surface area contributed by atoms with Crippen LogP contribution < -0.4 is 5.73 Å². The molecule has 0 radical (unpaired) electrons. The van der Waals surface area contributed by atoms with E-state index in [4.69, 9.17) is 10.5 Å². The van der Waals surface area contributed by atoms with Crippen LogP contribution in [0.4, 0.5) is 0 Å². The second-order valence-corrected chi connectivity index (χ2v) is 6.10. The van der Waals surface area contributed by atoms with Crippen molar-refractivity contribution in [3.63, 3.8) is 0 Å². The number of aryl methyl sites for hydroxylation is 1. The third-order valence-electron chi connectivity index (χ3n) is 3.14. The average molecular weight is 249 g/mol. The first-order valence-electron chi connectivity index (χ1n) is 6.77. The van der Waals surface area contributed by atoms with Crippen molar-refractivity contribution in [1.29, 1.82) is 0 Å². The van der Waals surface area contributed by atoms with E-state index in [9.17, 15) is 0 Å². The smallest absolute Gasteiger partial charge is 0.0777 e. The van der Waals surface area contributed by atoms with Gasteiger partial charge in [0.15, 0.2) is 0 Å². The van der Waals surface area contributed by atoms with Crippen LogP contribution in [-0.2, 0) is 11.2 Å². The summed E-state index contributed by atoms with van der Waals surface area (Å²) in [5.41, 5.74) is 8.99. The molecule has 102 valence electrons. The Morgan fingerprint density at radius 3 is 2.44 bits per heavy atom. The zero-order valence-electron chi connectivity index (χ0n) is 12.4. The Bertz CT molecular complexity index is 368. The molecule has 0 aliphatic heterocycles. The molecule has 0 bridgehead atoms. The van der Waals surface area contributed by atoms with E-state index in [2.05, 4.69) is 52.0 Å². The van der Waals surface area contributed by atoms with Crippen molar-refractivity contribution < 1.29 is 4.74 Å². The largest absolute Gasteiger partial charge is 0.376 e. The highest BCUT2D eigenvalue weighted by molar-refractivity contribution is 5.23. The number of ether oxygens (including phenoxy) is 1. The third kappa shape index (κ3) is 4.43. The zero-order chi connectivity index (χ0) is 13.8. The summed E-state index contributed by atoms with van der Waals surface area (Å²) in [5, 5.41) is 0. The number of nitrogens with two attached hydrogens (primary N) is 1. The Morgan fingerprint density at radius 1 is 1.28 bits per heavy atom. The predicted octanol–water partition coefficient (Wildman–Crippen LogP) is 3.32. The van der Waals surface area contributed by atoms with Gasteiger partial charge < -0.3 is 10.5 Å². The first-order chi connectivity index (χ1) is 8.34. The van der Waals surface area contributed by atoms with Gasteiger partial charge in [-0.25, -0.2) is 0 Å². The Labute approximate surface area is 112 Å². The molecule has 0 aromatic heterocycles. The minimum Gasteiger partial charge on any atom is -0.376 e. The Morgan fingerprint density at radius 2 is 1.94 bits per heavy atom. The fraction of sp³-hybridized carbons (Fsp3) is 0.625. The van der Waals surface area contributed by atoms with Gasteiger partial charge in [0.2, 0.25) is 0 Å². The van der Waals surface area contributed by atoms with Crippen molar-refractivity contribution in [2.45, 2.75) is 53.2 Å². The van der Waals surface area contributed by atoms with Gasteiger partial charge in [-0.15, -0.1) is 0 Å². The molecule has 0 aliphatic carbocycles. The van der Waals surface area contributed by atoms with Crippen molar-refractivity contribution >= 4 is 0 Å². The zero-order valence-corrected chi connectivity index (χ0v) is 12.4. The molecule has 1 rings (SSSR count). The van der Waals surface area contributed by atoms with Crippen LogP contribution in [0.3, 0.4) is 0 Å². The van der Waals surface area contributed by atoms with Crippen LogP contribution in [-0.4, -0.2) is 18.8 Å². The Kier molecular flexibility index (Phi) is 5.36. The fourth-order valence-corrected chi connectivity index (χ4v) is 2.41. The highest BCUT2D eigenvalue weighted by Crippen LogP contribution is 2.25. The maximum atomic E-state index is 6.35. The second kappa shape index (κ2) is 6.35. The molecule has 0 fully saturated rings. The van der Waals surface area contributed by atoms with Crippen LogP contribution >= 0.6 is 0 Å². The molecular formula is C16H27NO. The van der Waals surface area contributed by atoms with Gasteiger partial charge in [0.05, 0.1) is 6.10 Å². The molecule has 1 aromatic carbocycles. The van der Waals surface area contributed by atoms with E-state index in [1.165, 1.54) is 11.1 Å². The standard InChI is InChI=1S/C16H27NO/c1-6-18-15(16(3,4)5)14(17)11-13-9-7-8-12(2)10-13/h7-10,14-15H,6,11,17H2,1-5H3. The molecule has 1 aromatic rings. The molecule has 0 saturated carbocycles. The molecule has 18 heavy (non-hydrogen) atoms. The lowest BCUT2D eigenvalue weighted by Crippen LogP contribution is -2.46. The van der Waals surface area contributed by atoms with Crippen LogP contribution in [0.2, 0.25) is 0 Å². The minimum absolute atomic E-state index is 0.0340. The highest BCUT2D eigenvalue weighted by Gasteiger charge is 2.30. The van der Waals surface area contributed by atoms with Gasteiger partial charge in [-0.2, -0.15) is 0 Å². The SMILES string of the molecule is CCOC(C(N)Cc1cccc(C)c1)C(C)(C)C. The highest BCUT2D eigenvalue weighted by atomic mass is 16.5. The maximum Gasteiger partial charge on any atom is 0.0777 e. The average Bonchev–Trinajstić information content (AvgIpc) is 2.24. The Hall–Kier alpha value is -0.860. The molecule has 2 nitrogen and oxygen atoms in total. The molecule has 2 atom stereocenters. The van der Waals surface area contributed by atoms with Crippen LogP contribution in [0.5, 0.6) is 0 Å². The third-order valence-corrected chi connectivity index (χ3v) is 3.14. The van der Waals surface area contributed by atoms with E-state index in [0.717, 1.165) is 6.42 Å². The number of rotatable bonds is 5. The summed E-state index contributed by atoms with van der Waals surface area (Å²) in [6.07, 6.45) is 0.951. The van der Waals surface area contributed by atoms with E-state index in [0.29, 0.717) is 6.61 Å². The summed E-state index contributed by atoms with van der Waals surface area (Å²) < 4.78 is 5.85. The first kappa shape index (κ1) is 15.2. The molecule has 0 saturated heterocycles. The summed E-state index contributed by atoms with van der Waals surface area (Å²) in [6.45, 7) is 11.4. The van der Waals surface area contributed by atoms with E-state index in [1.54, 1.807) is 0 Å². The maximum absolute atomic E-state index is 6.35. The quantitative estimate of drug-likeness (QED) is 0.869. The lowest BCUT2D eigenvalue weighted by Gasteiger charge is -2.35. The Balaban J connectivity index is 2.75. The van der Waals surface area contributed by atoms with Crippen molar-refractivity contribution in [2.75, 3.05) is 6.61 Å². The van der Waals surface area contributed by atoms with Crippen molar-refractivity contribution in [3.8, 4) is 0 Å². The van der Waals surface area contributed by atoms with E-state index >= 15 is 0 Å². The van der Waals surface area contributed by atoms with E-state index in [1.807, 2.05) is 6.92 Å².